The lowest BCUT2D eigenvalue weighted by molar-refractivity contribution is -0.119. The second kappa shape index (κ2) is 5.46. The van der Waals surface area contributed by atoms with Crippen LogP contribution in [-0.4, -0.2) is 28.4 Å². The molecule has 1 amide bonds. The molecule has 1 aromatic heterocycles. The number of anilines is 1. The molecular formula is C11H18N4O. The highest BCUT2D eigenvalue weighted by Gasteiger charge is 2.13. The fourth-order valence-electron chi connectivity index (χ4n) is 1.42. The van der Waals surface area contributed by atoms with Crippen LogP contribution in [0.3, 0.4) is 0 Å². The molecule has 0 saturated carbocycles. The van der Waals surface area contributed by atoms with Crippen molar-refractivity contribution in [3.05, 3.63) is 23.9 Å². The number of amides is 1. The van der Waals surface area contributed by atoms with E-state index >= 15 is 0 Å². The van der Waals surface area contributed by atoms with Gasteiger partial charge in [-0.2, -0.15) is 0 Å². The monoisotopic (exact) mass is 222 g/mol. The van der Waals surface area contributed by atoms with Gasteiger partial charge in [-0.15, -0.1) is 0 Å². The van der Waals surface area contributed by atoms with Gasteiger partial charge < -0.3 is 11.5 Å². The second-order valence-electron chi connectivity index (χ2n) is 4.02. The molecule has 1 rings (SSSR count). The number of nitrogens with two attached hydrogens (primary N) is 2. The number of aromatic nitrogens is 1. The molecule has 4 N–H and O–H groups in total. The summed E-state index contributed by atoms with van der Waals surface area (Å²) in [6.45, 7) is 4.82. The Labute approximate surface area is 95.4 Å². The quantitative estimate of drug-likeness (QED) is 0.753. The van der Waals surface area contributed by atoms with Gasteiger partial charge in [0.25, 0.3) is 0 Å². The van der Waals surface area contributed by atoms with Crippen molar-refractivity contribution in [2.45, 2.75) is 26.4 Å². The third-order valence-corrected chi connectivity index (χ3v) is 2.28. The van der Waals surface area contributed by atoms with Crippen LogP contribution in [0, 0.1) is 0 Å². The fraction of sp³-hybridized carbons (Fsp3) is 0.455. The number of hydrogen-bond donors (Lipinski definition) is 2. The molecule has 0 atom stereocenters. The Bertz CT molecular complexity index is 365. The summed E-state index contributed by atoms with van der Waals surface area (Å²) in [6.07, 6.45) is 0. The minimum Gasteiger partial charge on any atom is -0.384 e. The Kier molecular flexibility index (Phi) is 4.25. The van der Waals surface area contributed by atoms with E-state index in [4.69, 9.17) is 11.5 Å². The number of primary amides is 1. The first-order chi connectivity index (χ1) is 7.49. The van der Waals surface area contributed by atoms with E-state index in [0.717, 1.165) is 5.69 Å². The summed E-state index contributed by atoms with van der Waals surface area (Å²) in [5.74, 6) is 0.151. The largest absolute Gasteiger partial charge is 0.384 e. The summed E-state index contributed by atoms with van der Waals surface area (Å²) in [7, 11) is 0. The van der Waals surface area contributed by atoms with Crippen molar-refractivity contribution in [3.63, 3.8) is 0 Å². The molecule has 16 heavy (non-hydrogen) atoms. The molecule has 0 aliphatic rings. The molecule has 0 bridgehead atoms. The molecule has 0 unspecified atom stereocenters. The third-order valence-electron chi connectivity index (χ3n) is 2.28. The number of carbonyl (C=O) groups excluding carboxylic acids is 1. The van der Waals surface area contributed by atoms with E-state index < -0.39 is 0 Å². The molecule has 0 spiro atoms. The Morgan fingerprint density at radius 3 is 2.69 bits per heavy atom. The second-order valence-corrected chi connectivity index (χ2v) is 4.02. The topological polar surface area (TPSA) is 85.2 Å². The van der Waals surface area contributed by atoms with Gasteiger partial charge in [0, 0.05) is 12.6 Å². The van der Waals surface area contributed by atoms with Gasteiger partial charge in [0.2, 0.25) is 5.91 Å². The third kappa shape index (κ3) is 3.86. The van der Waals surface area contributed by atoms with Gasteiger partial charge >= 0.3 is 0 Å². The summed E-state index contributed by atoms with van der Waals surface area (Å²) in [5.41, 5.74) is 11.6. The van der Waals surface area contributed by atoms with Gasteiger partial charge in [0.15, 0.2) is 0 Å². The summed E-state index contributed by atoms with van der Waals surface area (Å²) in [6, 6.07) is 5.69. The van der Waals surface area contributed by atoms with E-state index in [1.54, 1.807) is 6.07 Å². The van der Waals surface area contributed by atoms with Gasteiger partial charge in [-0.25, -0.2) is 4.98 Å². The molecule has 88 valence electrons. The summed E-state index contributed by atoms with van der Waals surface area (Å²) >= 11 is 0. The van der Waals surface area contributed by atoms with Crippen molar-refractivity contribution in [1.29, 1.82) is 0 Å². The number of nitrogen functional groups attached to an aromatic ring is 1. The molecule has 0 fully saturated rings. The van der Waals surface area contributed by atoms with Crippen molar-refractivity contribution < 1.29 is 4.79 Å². The van der Waals surface area contributed by atoms with Crippen molar-refractivity contribution in [3.8, 4) is 0 Å². The van der Waals surface area contributed by atoms with Crippen LogP contribution in [0.4, 0.5) is 5.82 Å². The van der Waals surface area contributed by atoms with Crippen LogP contribution in [-0.2, 0) is 11.3 Å². The van der Waals surface area contributed by atoms with Crippen molar-refractivity contribution >= 4 is 11.7 Å². The highest BCUT2D eigenvalue weighted by molar-refractivity contribution is 5.75. The van der Waals surface area contributed by atoms with Crippen molar-refractivity contribution in [2.24, 2.45) is 5.73 Å². The van der Waals surface area contributed by atoms with Crippen LogP contribution >= 0.6 is 0 Å². The minimum atomic E-state index is -0.336. The number of hydrogen-bond acceptors (Lipinski definition) is 4. The van der Waals surface area contributed by atoms with Crippen LogP contribution in [0.2, 0.25) is 0 Å². The number of nitrogens with zero attached hydrogens (tertiary/aromatic N) is 2. The molecule has 0 aromatic carbocycles. The average molecular weight is 222 g/mol. The van der Waals surface area contributed by atoms with E-state index in [1.807, 2.05) is 30.9 Å². The predicted octanol–water partition coefficient (Wildman–Crippen LogP) is 0.359. The first kappa shape index (κ1) is 12.4. The first-order valence-electron chi connectivity index (χ1n) is 5.23. The molecular weight excluding hydrogens is 204 g/mol. The SMILES string of the molecule is CC(C)N(CC(N)=O)Cc1cccc(N)n1. The van der Waals surface area contributed by atoms with Gasteiger partial charge in [-0.1, -0.05) is 6.07 Å². The molecule has 0 aliphatic heterocycles. The lowest BCUT2D eigenvalue weighted by Gasteiger charge is -2.24. The van der Waals surface area contributed by atoms with E-state index in [1.165, 1.54) is 0 Å². The minimum absolute atomic E-state index is 0.230. The van der Waals surface area contributed by atoms with Crippen LogP contribution in [0.5, 0.6) is 0 Å². The molecule has 0 saturated heterocycles. The zero-order valence-corrected chi connectivity index (χ0v) is 9.68. The lowest BCUT2D eigenvalue weighted by Crippen LogP contribution is -2.38. The maximum atomic E-state index is 10.9. The van der Waals surface area contributed by atoms with E-state index in [-0.39, 0.29) is 18.5 Å². The van der Waals surface area contributed by atoms with Crippen LogP contribution in [0.1, 0.15) is 19.5 Å². The number of rotatable bonds is 5. The van der Waals surface area contributed by atoms with Gasteiger partial charge in [0.1, 0.15) is 5.82 Å². The Hall–Kier alpha value is -1.62. The standard InChI is InChI=1S/C11H18N4O/c1-8(2)15(7-11(13)16)6-9-4-3-5-10(12)14-9/h3-5,8H,6-7H2,1-2H3,(H2,12,14)(H2,13,16). The van der Waals surface area contributed by atoms with Crippen LogP contribution in [0.25, 0.3) is 0 Å². The molecule has 1 heterocycles. The Balaban J connectivity index is 2.71. The zero-order chi connectivity index (χ0) is 12.1. The maximum Gasteiger partial charge on any atom is 0.231 e. The van der Waals surface area contributed by atoms with E-state index in [0.29, 0.717) is 12.4 Å². The average Bonchev–Trinajstić information content (AvgIpc) is 2.15. The number of carbonyl (C=O) groups is 1. The molecule has 5 nitrogen and oxygen atoms in total. The smallest absolute Gasteiger partial charge is 0.231 e. The van der Waals surface area contributed by atoms with Gasteiger partial charge in [0.05, 0.1) is 12.2 Å². The van der Waals surface area contributed by atoms with Gasteiger partial charge in [-0.05, 0) is 26.0 Å². The molecule has 0 aliphatic carbocycles. The lowest BCUT2D eigenvalue weighted by atomic mass is 10.2. The fourth-order valence-corrected chi connectivity index (χ4v) is 1.42. The van der Waals surface area contributed by atoms with Crippen molar-refractivity contribution in [2.75, 3.05) is 12.3 Å². The van der Waals surface area contributed by atoms with E-state index in [2.05, 4.69) is 4.98 Å². The van der Waals surface area contributed by atoms with Gasteiger partial charge in [-0.3, -0.25) is 9.69 Å². The Morgan fingerprint density at radius 2 is 2.19 bits per heavy atom. The Morgan fingerprint density at radius 1 is 1.50 bits per heavy atom. The first-order valence-corrected chi connectivity index (χ1v) is 5.23. The van der Waals surface area contributed by atoms with Crippen LogP contribution in [0.15, 0.2) is 18.2 Å². The molecule has 5 heteroatoms. The maximum absolute atomic E-state index is 10.9. The van der Waals surface area contributed by atoms with E-state index in [9.17, 15) is 4.79 Å². The summed E-state index contributed by atoms with van der Waals surface area (Å²) < 4.78 is 0. The summed E-state index contributed by atoms with van der Waals surface area (Å²) in [5, 5.41) is 0. The highest BCUT2D eigenvalue weighted by Crippen LogP contribution is 2.07. The number of pyridine rings is 1. The van der Waals surface area contributed by atoms with Crippen molar-refractivity contribution in [1.82, 2.24) is 9.88 Å². The van der Waals surface area contributed by atoms with Crippen LogP contribution < -0.4 is 11.5 Å². The molecule has 1 aromatic rings. The highest BCUT2D eigenvalue weighted by atomic mass is 16.1. The summed E-state index contributed by atoms with van der Waals surface area (Å²) in [4.78, 5) is 17.0. The normalized spacial score (nSPS) is 11.0. The molecule has 0 radical (unpaired) electrons. The predicted molar refractivity (Wildman–Crippen MR) is 63.4 cm³/mol. The zero-order valence-electron chi connectivity index (χ0n) is 9.68.